The van der Waals surface area contributed by atoms with Crippen molar-refractivity contribution >= 4 is 17.6 Å². The van der Waals surface area contributed by atoms with Crippen molar-refractivity contribution in [1.29, 1.82) is 0 Å². The maximum absolute atomic E-state index is 12.8. The van der Waals surface area contributed by atoms with E-state index in [2.05, 4.69) is 5.32 Å². The third-order valence-electron chi connectivity index (χ3n) is 3.59. The van der Waals surface area contributed by atoms with E-state index in [9.17, 15) is 28.0 Å². The highest BCUT2D eigenvalue weighted by Crippen LogP contribution is 2.30. The lowest BCUT2D eigenvalue weighted by molar-refractivity contribution is -0.605. The van der Waals surface area contributed by atoms with Crippen LogP contribution in [0.1, 0.15) is 29.8 Å². The van der Waals surface area contributed by atoms with Gasteiger partial charge in [0.2, 0.25) is 0 Å². The average Bonchev–Trinajstić information content (AvgIpc) is 2.59. The topological polar surface area (TPSA) is 82.3 Å². The number of ether oxygens (including phenoxy) is 1. The van der Waals surface area contributed by atoms with Gasteiger partial charge < -0.3 is 15.3 Å². The van der Waals surface area contributed by atoms with Gasteiger partial charge in [-0.1, -0.05) is 19.9 Å². The number of alkyl halides is 3. The number of hydrogen-bond acceptors (Lipinski definition) is 4. The number of amides is 1. The summed E-state index contributed by atoms with van der Waals surface area (Å²) in [7, 11) is 0. The first-order valence-corrected chi connectivity index (χ1v) is 7.96. The molecule has 1 amide bonds. The first-order chi connectivity index (χ1) is 12.6. The second-order valence-electron chi connectivity index (χ2n) is 6.08. The van der Waals surface area contributed by atoms with Crippen LogP contribution < -0.4 is 10.0 Å². The van der Waals surface area contributed by atoms with Crippen LogP contribution in [0.25, 0.3) is 0 Å². The number of halogens is 3. The lowest BCUT2D eigenvalue weighted by atomic mass is 10.1. The van der Waals surface area contributed by atoms with E-state index in [0.717, 1.165) is 30.6 Å². The van der Waals surface area contributed by atoms with Crippen LogP contribution in [0.5, 0.6) is 0 Å². The minimum atomic E-state index is -4.55. The Morgan fingerprint density at radius 3 is 2.33 bits per heavy atom. The van der Waals surface area contributed by atoms with Crippen molar-refractivity contribution in [2.24, 2.45) is 5.92 Å². The van der Waals surface area contributed by atoms with Gasteiger partial charge in [0.25, 0.3) is 5.91 Å². The summed E-state index contributed by atoms with van der Waals surface area (Å²) in [6.45, 7) is 3.25. The van der Waals surface area contributed by atoms with E-state index in [0.29, 0.717) is 4.73 Å². The SMILES string of the molecule is CC(C)[C@H](OC(=O)c1cc[n+]([O-])cc1)C(=O)Nc1cccc(C(F)(F)F)c1. The van der Waals surface area contributed by atoms with Crippen LogP contribution >= 0.6 is 0 Å². The van der Waals surface area contributed by atoms with Gasteiger partial charge in [0.1, 0.15) is 0 Å². The molecule has 1 aromatic heterocycles. The molecule has 0 saturated carbocycles. The first-order valence-electron chi connectivity index (χ1n) is 7.96. The van der Waals surface area contributed by atoms with Crippen LogP contribution in [0.3, 0.4) is 0 Å². The molecule has 1 aromatic carbocycles. The van der Waals surface area contributed by atoms with Crippen molar-refractivity contribution in [3.05, 3.63) is 65.1 Å². The summed E-state index contributed by atoms with van der Waals surface area (Å²) in [5.41, 5.74) is -0.906. The number of anilines is 1. The molecule has 0 spiro atoms. The number of hydrogen-bond donors (Lipinski definition) is 1. The molecule has 0 bridgehead atoms. The fraction of sp³-hybridized carbons (Fsp3) is 0.278. The summed E-state index contributed by atoms with van der Waals surface area (Å²) in [5, 5.41) is 13.3. The van der Waals surface area contributed by atoms with Crippen LogP contribution in [-0.4, -0.2) is 18.0 Å². The molecular weight excluding hydrogens is 365 g/mol. The lowest BCUT2D eigenvalue weighted by Crippen LogP contribution is -2.37. The van der Waals surface area contributed by atoms with Crippen molar-refractivity contribution in [3.8, 4) is 0 Å². The van der Waals surface area contributed by atoms with Crippen LogP contribution in [0, 0.1) is 11.1 Å². The van der Waals surface area contributed by atoms with Crippen molar-refractivity contribution < 1.29 is 32.2 Å². The van der Waals surface area contributed by atoms with Gasteiger partial charge in [0.15, 0.2) is 18.5 Å². The molecule has 0 radical (unpaired) electrons. The van der Waals surface area contributed by atoms with Crippen LogP contribution in [0.2, 0.25) is 0 Å². The Labute approximate surface area is 153 Å². The third-order valence-corrected chi connectivity index (χ3v) is 3.59. The zero-order valence-corrected chi connectivity index (χ0v) is 14.5. The molecule has 0 aliphatic carbocycles. The zero-order valence-electron chi connectivity index (χ0n) is 14.5. The minimum Gasteiger partial charge on any atom is -0.619 e. The largest absolute Gasteiger partial charge is 0.619 e. The van der Waals surface area contributed by atoms with Crippen LogP contribution in [0.4, 0.5) is 18.9 Å². The molecule has 0 aliphatic heterocycles. The summed E-state index contributed by atoms with van der Waals surface area (Å²) in [4.78, 5) is 24.6. The second-order valence-corrected chi connectivity index (χ2v) is 6.08. The average molecular weight is 382 g/mol. The number of carbonyl (C=O) groups is 2. The van der Waals surface area contributed by atoms with Crippen LogP contribution in [-0.2, 0) is 15.7 Å². The Hall–Kier alpha value is -3.10. The number of nitrogens with one attached hydrogen (secondary N) is 1. The highest BCUT2D eigenvalue weighted by Gasteiger charge is 2.31. The molecule has 1 N–H and O–H groups in total. The quantitative estimate of drug-likeness (QED) is 0.489. The van der Waals surface area contributed by atoms with E-state index in [-0.39, 0.29) is 11.3 Å². The van der Waals surface area contributed by atoms with Crippen molar-refractivity contribution in [3.63, 3.8) is 0 Å². The summed E-state index contributed by atoms with van der Waals surface area (Å²) in [6.07, 6.45) is -3.57. The maximum Gasteiger partial charge on any atom is 0.416 e. The van der Waals surface area contributed by atoms with Gasteiger partial charge in [0, 0.05) is 17.8 Å². The molecule has 27 heavy (non-hydrogen) atoms. The number of aromatic nitrogens is 1. The van der Waals surface area contributed by atoms with Crippen LogP contribution in [0.15, 0.2) is 48.8 Å². The van der Waals surface area contributed by atoms with E-state index in [1.807, 2.05) is 0 Å². The predicted molar refractivity (Wildman–Crippen MR) is 89.5 cm³/mol. The van der Waals surface area contributed by atoms with Gasteiger partial charge in [-0.25, -0.2) is 4.79 Å². The number of carbonyl (C=O) groups excluding carboxylic acids is 2. The molecule has 0 unspecified atom stereocenters. The van der Waals surface area contributed by atoms with Gasteiger partial charge in [-0.3, -0.25) is 4.79 Å². The van der Waals surface area contributed by atoms with Gasteiger partial charge in [-0.05, 0) is 24.1 Å². The summed E-state index contributed by atoms with van der Waals surface area (Å²) in [6, 6.07) is 6.61. The molecular formula is C18H17F3N2O4. The summed E-state index contributed by atoms with van der Waals surface area (Å²) in [5.74, 6) is -2.02. The summed E-state index contributed by atoms with van der Waals surface area (Å²) >= 11 is 0. The number of esters is 1. The van der Waals surface area contributed by atoms with Crippen molar-refractivity contribution in [2.45, 2.75) is 26.1 Å². The Balaban J connectivity index is 2.13. The molecule has 2 aromatic rings. The molecule has 9 heteroatoms. The molecule has 6 nitrogen and oxygen atoms in total. The number of rotatable bonds is 5. The van der Waals surface area contributed by atoms with Gasteiger partial charge in [0.05, 0.1) is 11.1 Å². The smallest absolute Gasteiger partial charge is 0.416 e. The second kappa shape index (κ2) is 8.07. The number of nitrogens with zero attached hydrogens (tertiary/aromatic N) is 1. The van der Waals surface area contributed by atoms with E-state index >= 15 is 0 Å². The predicted octanol–water partition coefficient (Wildman–Crippen LogP) is 3.16. The molecule has 1 heterocycles. The summed E-state index contributed by atoms with van der Waals surface area (Å²) < 4.78 is 44.0. The molecule has 1 atom stereocenters. The van der Waals surface area contributed by atoms with E-state index < -0.39 is 35.6 Å². The fourth-order valence-electron chi connectivity index (χ4n) is 2.21. The highest BCUT2D eigenvalue weighted by molar-refractivity contribution is 5.97. The Morgan fingerprint density at radius 2 is 1.78 bits per heavy atom. The van der Waals surface area contributed by atoms with Gasteiger partial charge in [-0.2, -0.15) is 17.9 Å². The third kappa shape index (κ3) is 5.44. The lowest BCUT2D eigenvalue weighted by Gasteiger charge is -2.21. The molecule has 144 valence electrons. The normalized spacial score (nSPS) is 12.5. The van der Waals surface area contributed by atoms with E-state index in [4.69, 9.17) is 4.74 Å². The van der Waals surface area contributed by atoms with E-state index in [1.54, 1.807) is 13.8 Å². The maximum atomic E-state index is 12.8. The van der Waals surface area contributed by atoms with Gasteiger partial charge in [-0.15, -0.1) is 0 Å². The first kappa shape index (κ1) is 20.2. The number of benzene rings is 1. The molecule has 2 rings (SSSR count). The molecule has 0 fully saturated rings. The van der Waals surface area contributed by atoms with Gasteiger partial charge >= 0.3 is 12.1 Å². The number of pyridine rings is 1. The highest BCUT2D eigenvalue weighted by atomic mass is 19.4. The Morgan fingerprint density at radius 1 is 1.15 bits per heavy atom. The fourth-order valence-corrected chi connectivity index (χ4v) is 2.21. The van der Waals surface area contributed by atoms with Crippen molar-refractivity contribution in [1.82, 2.24) is 0 Å². The molecule has 0 aliphatic rings. The Kier molecular flexibility index (Phi) is 6.04. The monoisotopic (exact) mass is 382 g/mol. The minimum absolute atomic E-state index is 0.0661. The Bertz CT molecular complexity index is 820. The zero-order chi connectivity index (χ0) is 20.2. The standard InChI is InChI=1S/C18H17F3N2O4/c1-11(2)15(27-17(25)12-6-8-23(26)9-7-12)16(24)22-14-5-3-4-13(10-14)18(19,20)21/h3-11,15H,1-2H3,(H,22,24)/t15-/m0/s1. The molecule has 0 saturated heterocycles. The van der Waals surface area contributed by atoms with E-state index in [1.165, 1.54) is 18.2 Å². The van der Waals surface area contributed by atoms with Crippen molar-refractivity contribution in [2.75, 3.05) is 5.32 Å².